The molecule has 0 aliphatic carbocycles. The van der Waals surface area contributed by atoms with Crippen molar-refractivity contribution in [3.8, 4) is 0 Å². The normalized spacial score (nSPS) is 10.0. The molecule has 1 aromatic carbocycles. The van der Waals surface area contributed by atoms with E-state index >= 15 is 0 Å². The predicted octanol–water partition coefficient (Wildman–Crippen LogP) is 2.53. The number of hydrogen-bond acceptors (Lipinski definition) is 3. The van der Waals surface area contributed by atoms with Gasteiger partial charge in [0.15, 0.2) is 0 Å². The van der Waals surface area contributed by atoms with Crippen LogP contribution in [0, 0.1) is 0 Å². The Labute approximate surface area is 97.5 Å². The zero-order chi connectivity index (χ0) is 11.1. The highest BCUT2D eigenvalue weighted by molar-refractivity contribution is 9.10. The number of hydrogen-bond donors (Lipinski definition) is 0. The molecule has 0 spiro atoms. The third kappa shape index (κ3) is 5.54. The van der Waals surface area contributed by atoms with E-state index in [0.717, 1.165) is 10.0 Å². The molecule has 0 aliphatic rings. The van der Waals surface area contributed by atoms with Crippen LogP contribution in [0.5, 0.6) is 0 Å². The summed E-state index contributed by atoms with van der Waals surface area (Å²) in [4.78, 5) is 10.4. The van der Waals surface area contributed by atoms with Gasteiger partial charge in [0, 0.05) is 11.4 Å². The molecule has 0 atom stereocenters. The Morgan fingerprint density at radius 2 is 2.20 bits per heavy atom. The Morgan fingerprint density at radius 3 is 2.87 bits per heavy atom. The number of carbonyl (C=O) groups excluding carboxylic acids is 1. The van der Waals surface area contributed by atoms with E-state index in [1.54, 1.807) is 0 Å². The molecule has 0 radical (unpaired) electrons. The van der Waals surface area contributed by atoms with Crippen molar-refractivity contribution in [2.75, 3.05) is 13.2 Å². The zero-order valence-corrected chi connectivity index (χ0v) is 10.1. The third-order valence-electron chi connectivity index (χ3n) is 1.69. The number of benzene rings is 1. The van der Waals surface area contributed by atoms with Crippen molar-refractivity contribution in [1.29, 1.82) is 0 Å². The van der Waals surface area contributed by atoms with Crippen LogP contribution >= 0.6 is 15.9 Å². The Balaban J connectivity index is 2.17. The molecule has 0 heterocycles. The van der Waals surface area contributed by atoms with Crippen LogP contribution in [0.1, 0.15) is 12.5 Å². The highest BCUT2D eigenvalue weighted by Gasteiger charge is 1.95. The van der Waals surface area contributed by atoms with E-state index < -0.39 is 0 Å². The average molecular weight is 273 g/mol. The minimum Gasteiger partial charge on any atom is -0.463 e. The molecule has 3 nitrogen and oxygen atoms in total. The van der Waals surface area contributed by atoms with E-state index in [9.17, 15) is 4.79 Å². The maximum Gasteiger partial charge on any atom is 0.302 e. The van der Waals surface area contributed by atoms with Gasteiger partial charge in [0.1, 0.15) is 6.61 Å². The molecular weight excluding hydrogens is 260 g/mol. The van der Waals surface area contributed by atoms with Crippen LogP contribution in [0.3, 0.4) is 0 Å². The van der Waals surface area contributed by atoms with Crippen LogP contribution in [-0.4, -0.2) is 19.2 Å². The summed E-state index contributed by atoms with van der Waals surface area (Å²) in [5.74, 6) is -0.277. The molecule has 0 fully saturated rings. The first-order valence-corrected chi connectivity index (χ1v) is 5.43. The molecule has 0 saturated heterocycles. The van der Waals surface area contributed by atoms with Gasteiger partial charge in [-0.2, -0.15) is 0 Å². The lowest BCUT2D eigenvalue weighted by Crippen LogP contribution is -2.07. The first-order chi connectivity index (χ1) is 7.18. The van der Waals surface area contributed by atoms with Gasteiger partial charge < -0.3 is 9.47 Å². The first-order valence-electron chi connectivity index (χ1n) is 4.64. The Hall–Kier alpha value is -0.870. The lowest BCUT2D eigenvalue weighted by atomic mass is 10.2. The minimum absolute atomic E-state index is 0.277. The van der Waals surface area contributed by atoms with Gasteiger partial charge in [-0.15, -0.1) is 0 Å². The van der Waals surface area contributed by atoms with Crippen molar-refractivity contribution in [1.82, 2.24) is 0 Å². The summed E-state index contributed by atoms with van der Waals surface area (Å²) in [5, 5.41) is 0. The number of ether oxygens (including phenoxy) is 2. The summed E-state index contributed by atoms with van der Waals surface area (Å²) in [6, 6.07) is 7.89. The number of rotatable bonds is 5. The molecular formula is C11H13BrO3. The maximum absolute atomic E-state index is 10.4. The highest BCUT2D eigenvalue weighted by atomic mass is 79.9. The molecule has 4 heteroatoms. The summed E-state index contributed by atoms with van der Waals surface area (Å²) >= 11 is 3.38. The Bertz CT molecular complexity index is 325. The van der Waals surface area contributed by atoms with Gasteiger partial charge >= 0.3 is 5.97 Å². The van der Waals surface area contributed by atoms with Gasteiger partial charge in [-0.1, -0.05) is 28.1 Å². The van der Waals surface area contributed by atoms with E-state index in [-0.39, 0.29) is 5.97 Å². The fraction of sp³-hybridized carbons (Fsp3) is 0.364. The highest BCUT2D eigenvalue weighted by Crippen LogP contribution is 2.12. The molecule has 0 saturated carbocycles. The Morgan fingerprint density at radius 1 is 1.40 bits per heavy atom. The smallest absolute Gasteiger partial charge is 0.302 e. The summed E-state index contributed by atoms with van der Waals surface area (Å²) in [5.41, 5.74) is 1.09. The molecule has 0 aliphatic heterocycles. The first kappa shape index (κ1) is 12.2. The molecule has 1 rings (SSSR count). The average Bonchev–Trinajstić information content (AvgIpc) is 2.17. The third-order valence-corrected chi connectivity index (χ3v) is 2.18. The van der Waals surface area contributed by atoms with Crippen molar-refractivity contribution < 1.29 is 14.3 Å². The predicted molar refractivity (Wildman–Crippen MR) is 60.4 cm³/mol. The lowest BCUT2D eigenvalue weighted by Gasteiger charge is -2.04. The van der Waals surface area contributed by atoms with Gasteiger partial charge in [-0.3, -0.25) is 4.79 Å². The SMILES string of the molecule is CC(=O)OCCOCc1cccc(Br)c1. The van der Waals surface area contributed by atoms with E-state index in [1.807, 2.05) is 24.3 Å². The fourth-order valence-corrected chi connectivity index (χ4v) is 1.51. The van der Waals surface area contributed by atoms with Crippen molar-refractivity contribution in [2.24, 2.45) is 0 Å². The van der Waals surface area contributed by atoms with E-state index in [1.165, 1.54) is 6.92 Å². The van der Waals surface area contributed by atoms with Gasteiger partial charge in [-0.05, 0) is 17.7 Å². The lowest BCUT2D eigenvalue weighted by molar-refractivity contribution is -0.142. The summed E-state index contributed by atoms with van der Waals surface area (Å²) < 4.78 is 11.1. The van der Waals surface area contributed by atoms with Crippen LogP contribution in [0.4, 0.5) is 0 Å². The van der Waals surface area contributed by atoms with Gasteiger partial charge in [0.2, 0.25) is 0 Å². The second-order valence-corrected chi connectivity index (χ2v) is 3.94. The van der Waals surface area contributed by atoms with E-state index in [4.69, 9.17) is 9.47 Å². The Kier molecular flexibility index (Phi) is 5.36. The summed E-state index contributed by atoms with van der Waals surface area (Å²) in [6.07, 6.45) is 0. The maximum atomic E-state index is 10.4. The van der Waals surface area contributed by atoms with Crippen LogP contribution in [0.25, 0.3) is 0 Å². The van der Waals surface area contributed by atoms with Crippen LogP contribution in [0.2, 0.25) is 0 Å². The van der Waals surface area contributed by atoms with Crippen LogP contribution in [-0.2, 0) is 20.9 Å². The second-order valence-electron chi connectivity index (χ2n) is 3.02. The molecule has 0 bridgehead atoms. The van der Waals surface area contributed by atoms with Crippen molar-refractivity contribution >= 4 is 21.9 Å². The molecule has 82 valence electrons. The number of carbonyl (C=O) groups is 1. The number of esters is 1. The van der Waals surface area contributed by atoms with Crippen molar-refractivity contribution in [2.45, 2.75) is 13.5 Å². The summed E-state index contributed by atoms with van der Waals surface area (Å²) in [6.45, 7) is 2.64. The number of halogens is 1. The van der Waals surface area contributed by atoms with Gasteiger partial charge in [-0.25, -0.2) is 0 Å². The molecule has 0 unspecified atom stereocenters. The van der Waals surface area contributed by atoms with E-state index in [0.29, 0.717) is 19.8 Å². The fourth-order valence-electron chi connectivity index (χ4n) is 1.06. The summed E-state index contributed by atoms with van der Waals surface area (Å²) in [7, 11) is 0. The molecule has 0 amide bonds. The molecule has 15 heavy (non-hydrogen) atoms. The van der Waals surface area contributed by atoms with E-state index in [2.05, 4.69) is 15.9 Å². The zero-order valence-electron chi connectivity index (χ0n) is 8.53. The molecule has 0 N–H and O–H groups in total. The van der Waals surface area contributed by atoms with Gasteiger partial charge in [0.25, 0.3) is 0 Å². The minimum atomic E-state index is -0.277. The molecule has 1 aromatic rings. The largest absolute Gasteiger partial charge is 0.463 e. The van der Waals surface area contributed by atoms with Crippen LogP contribution < -0.4 is 0 Å². The van der Waals surface area contributed by atoms with Gasteiger partial charge in [0.05, 0.1) is 13.2 Å². The van der Waals surface area contributed by atoms with Crippen molar-refractivity contribution in [3.63, 3.8) is 0 Å². The van der Waals surface area contributed by atoms with Crippen molar-refractivity contribution in [3.05, 3.63) is 34.3 Å². The second kappa shape index (κ2) is 6.58. The topological polar surface area (TPSA) is 35.5 Å². The molecule has 0 aromatic heterocycles. The quantitative estimate of drug-likeness (QED) is 0.611. The van der Waals surface area contributed by atoms with Crippen LogP contribution in [0.15, 0.2) is 28.7 Å². The standard InChI is InChI=1S/C11H13BrO3/c1-9(13)15-6-5-14-8-10-3-2-4-11(12)7-10/h2-4,7H,5-6,8H2,1H3. The monoisotopic (exact) mass is 272 g/mol.